The van der Waals surface area contributed by atoms with Gasteiger partial charge in [0.1, 0.15) is 24.6 Å². The van der Waals surface area contributed by atoms with Crippen molar-refractivity contribution in [3.05, 3.63) is 12.2 Å². The molecule has 2 saturated heterocycles. The molecule has 0 aromatic heterocycles. The minimum atomic E-state index is -0.679. The number of rotatable bonds is 4. The topological polar surface area (TPSA) is 82.1 Å². The van der Waals surface area contributed by atoms with E-state index in [1.165, 1.54) is 0 Å². The molecule has 0 saturated carbocycles. The number of carbonyl (C=O) groups is 2. The van der Waals surface area contributed by atoms with Crippen LogP contribution in [0.4, 0.5) is 0 Å². The standard InChI is InChI=1S/C11H14O6/c1-6(2-3-12)11(14)17-8-5-16-9-7(13)4-15-10(8)9/h3,7-10,13H,1-2,4-5H2. The fraction of sp³-hybridized carbons (Fsp3) is 0.636. The molecule has 0 aromatic rings. The third-order valence-electron chi connectivity index (χ3n) is 2.86. The Balaban J connectivity index is 1.90. The second-order valence-corrected chi connectivity index (χ2v) is 4.08. The lowest BCUT2D eigenvalue weighted by atomic mass is 10.1. The van der Waals surface area contributed by atoms with Crippen molar-refractivity contribution in [1.82, 2.24) is 0 Å². The van der Waals surface area contributed by atoms with Gasteiger partial charge in [0.05, 0.1) is 13.2 Å². The van der Waals surface area contributed by atoms with Gasteiger partial charge in [-0.1, -0.05) is 6.58 Å². The number of fused-ring (bicyclic) bond motifs is 1. The number of aliphatic hydroxyl groups excluding tert-OH is 1. The van der Waals surface area contributed by atoms with Gasteiger partial charge in [-0.25, -0.2) is 4.79 Å². The molecule has 4 unspecified atom stereocenters. The molecule has 4 atom stereocenters. The van der Waals surface area contributed by atoms with Crippen LogP contribution in [0.1, 0.15) is 6.42 Å². The van der Waals surface area contributed by atoms with Gasteiger partial charge in [0.25, 0.3) is 0 Å². The quantitative estimate of drug-likeness (QED) is 0.395. The Morgan fingerprint density at radius 1 is 1.41 bits per heavy atom. The Morgan fingerprint density at radius 2 is 2.12 bits per heavy atom. The van der Waals surface area contributed by atoms with Gasteiger partial charge >= 0.3 is 5.97 Å². The first-order valence-corrected chi connectivity index (χ1v) is 5.37. The normalized spacial score (nSPS) is 35.4. The van der Waals surface area contributed by atoms with Gasteiger partial charge in [0, 0.05) is 12.0 Å². The molecule has 0 spiro atoms. The molecule has 2 aliphatic heterocycles. The van der Waals surface area contributed by atoms with Gasteiger partial charge in [-0.3, -0.25) is 0 Å². The van der Waals surface area contributed by atoms with Crippen LogP contribution in [0.3, 0.4) is 0 Å². The molecule has 6 heteroatoms. The number of ether oxygens (including phenoxy) is 3. The fourth-order valence-corrected chi connectivity index (χ4v) is 1.95. The number of hydrogen-bond acceptors (Lipinski definition) is 6. The smallest absolute Gasteiger partial charge is 0.334 e. The zero-order valence-electron chi connectivity index (χ0n) is 9.20. The summed E-state index contributed by atoms with van der Waals surface area (Å²) in [6, 6.07) is 0. The molecule has 0 bridgehead atoms. The fourth-order valence-electron chi connectivity index (χ4n) is 1.95. The molecule has 2 fully saturated rings. The van der Waals surface area contributed by atoms with Gasteiger partial charge in [0.2, 0.25) is 0 Å². The maximum Gasteiger partial charge on any atom is 0.334 e. The Kier molecular flexibility index (Phi) is 3.56. The molecule has 2 rings (SSSR count). The van der Waals surface area contributed by atoms with Crippen molar-refractivity contribution in [2.45, 2.75) is 30.8 Å². The summed E-state index contributed by atoms with van der Waals surface area (Å²) in [6.45, 7) is 3.82. The second kappa shape index (κ2) is 4.95. The van der Waals surface area contributed by atoms with Crippen LogP contribution in [0, 0.1) is 0 Å². The Morgan fingerprint density at radius 3 is 2.82 bits per heavy atom. The molecular weight excluding hydrogens is 228 g/mol. The Labute approximate surface area is 98.1 Å². The lowest BCUT2D eigenvalue weighted by Gasteiger charge is -2.16. The minimum Gasteiger partial charge on any atom is -0.454 e. The highest BCUT2D eigenvalue weighted by molar-refractivity contribution is 5.90. The highest BCUT2D eigenvalue weighted by Gasteiger charge is 2.48. The Hall–Kier alpha value is -1.24. The first-order chi connectivity index (χ1) is 8.13. The maximum absolute atomic E-state index is 11.5. The summed E-state index contributed by atoms with van der Waals surface area (Å²) in [6.07, 6.45) is -1.56. The largest absolute Gasteiger partial charge is 0.454 e. The highest BCUT2D eigenvalue weighted by Crippen LogP contribution is 2.29. The van der Waals surface area contributed by atoms with Crippen LogP contribution in [-0.4, -0.2) is 55.0 Å². The van der Waals surface area contributed by atoms with Crippen molar-refractivity contribution in [2.24, 2.45) is 0 Å². The van der Waals surface area contributed by atoms with E-state index in [-0.39, 0.29) is 25.2 Å². The summed E-state index contributed by atoms with van der Waals surface area (Å²) in [7, 11) is 0. The van der Waals surface area contributed by atoms with E-state index < -0.39 is 30.4 Å². The minimum absolute atomic E-state index is 0.0516. The summed E-state index contributed by atoms with van der Waals surface area (Å²) < 4.78 is 15.7. The lowest BCUT2D eigenvalue weighted by molar-refractivity contribution is -0.149. The summed E-state index contributed by atoms with van der Waals surface area (Å²) in [5.74, 6) is -0.628. The van der Waals surface area contributed by atoms with Crippen LogP contribution in [0.5, 0.6) is 0 Å². The number of aldehydes is 1. The average Bonchev–Trinajstić information content (AvgIpc) is 2.84. The maximum atomic E-state index is 11.5. The zero-order valence-corrected chi connectivity index (χ0v) is 9.20. The molecule has 1 N–H and O–H groups in total. The van der Waals surface area contributed by atoms with Gasteiger partial charge in [-0.05, 0) is 0 Å². The van der Waals surface area contributed by atoms with Crippen LogP contribution < -0.4 is 0 Å². The molecule has 94 valence electrons. The third-order valence-corrected chi connectivity index (χ3v) is 2.86. The van der Waals surface area contributed by atoms with Gasteiger partial charge in [-0.2, -0.15) is 0 Å². The molecule has 2 aliphatic rings. The average molecular weight is 242 g/mol. The van der Waals surface area contributed by atoms with E-state index in [0.29, 0.717) is 6.29 Å². The van der Waals surface area contributed by atoms with E-state index in [1.807, 2.05) is 0 Å². The molecule has 0 aromatic carbocycles. The highest BCUT2D eigenvalue weighted by atomic mass is 16.6. The summed E-state index contributed by atoms with van der Waals surface area (Å²) in [5.41, 5.74) is 0.0991. The van der Waals surface area contributed by atoms with Crippen molar-refractivity contribution >= 4 is 12.3 Å². The van der Waals surface area contributed by atoms with Crippen LogP contribution in [0.25, 0.3) is 0 Å². The predicted molar refractivity (Wildman–Crippen MR) is 55.2 cm³/mol. The van der Waals surface area contributed by atoms with Crippen LogP contribution >= 0.6 is 0 Å². The third kappa shape index (κ3) is 2.38. The van der Waals surface area contributed by atoms with Crippen LogP contribution in [0.2, 0.25) is 0 Å². The molecule has 0 aliphatic carbocycles. The molecule has 17 heavy (non-hydrogen) atoms. The van der Waals surface area contributed by atoms with E-state index >= 15 is 0 Å². The molecule has 0 amide bonds. The van der Waals surface area contributed by atoms with Crippen molar-refractivity contribution in [3.63, 3.8) is 0 Å². The number of carbonyl (C=O) groups excluding carboxylic acids is 2. The number of aliphatic hydroxyl groups is 1. The molecule has 2 heterocycles. The van der Waals surface area contributed by atoms with Crippen molar-refractivity contribution in [1.29, 1.82) is 0 Å². The first kappa shape index (κ1) is 12.2. The van der Waals surface area contributed by atoms with Crippen LogP contribution in [0.15, 0.2) is 12.2 Å². The molecular formula is C11H14O6. The SMILES string of the molecule is C=C(CC=O)C(=O)OC1COC2C(O)COC12. The Bertz CT molecular complexity index is 339. The summed E-state index contributed by atoms with van der Waals surface area (Å²) >= 11 is 0. The van der Waals surface area contributed by atoms with E-state index in [1.54, 1.807) is 0 Å². The second-order valence-electron chi connectivity index (χ2n) is 4.08. The number of esters is 1. The summed E-state index contributed by atoms with van der Waals surface area (Å²) in [4.78, 5) is 21.7. The zero-order chi connectivity index (χ0) is 12.4. The van der Waals surface area contributed by atoms with Gasteiger partial charge < -0.3 is 24.1 Å². The van der Waals surface area contributed by atoms with Crippen molar-refractivity contribution in [3.8, 4) is 0 Å². The summed E-state index contributed by atoms with van der Waals surface area (Å²) in [5, 5.41) is 9.49. The molecule has 6 nitrogen and oxygen atoms in total. The van der Waals surface area contributed by atoms with Crippen molar-refractivity contribution < 1.29 is 28.9 Å². The van der Waals surface area contributed by atoms with E-state index in [4.69, 9.17) is 14.2 Å². The number of hydrogen-bond donors (Lipinski definition) is 1. The van der Waals surface area contributed by atoms with Crippen molar-refractivity contribution in [2.75, 3.05) is 13.2 Å². The van der Waals surface area contributed by atoms with E-state index in [2.05, 4.69) is 6.58 Å². The van der Waals surface area contributed by atoms with E-state index in [0.717, 1.165) is 0 Å². The first-order valence-electron chi connectivity index (χ1n) is 5.37. The van der Waals surface area contributed by atoms with Gasteiger partial charge in [0.15, 0.2) is 6.10 Å². The monoisotopic (exact) mass is 242 g/mol. The van der Waals surface area contributed by atoms with Crippen LogP contribution in [-0.2, 0) is 23.8 Å². The predicted octanol–water partition coefficient (Wildman–Crippen LogP) is -0.798. The lowest BCUT2D eigenvalue weighted by Crippen LogP contribution is -2.34. The molecule has 0 radical (unpaired) electrons. The van der Waals surface area contributed by atoms with Gasteiger partial charge in [-0.15, -0.1) is 0 Å². The van der Waals surface area contributed by atoms with E-state index in [9.17, 15) is 14.7 Å².